The monoisotopic (exact) mass is 423 g/mol. The Balaban J connectivity index is 1.64. The second-order valence-corrected chi connectivity index (χ2v) is 8.86. The molecule has 0 radical (unpaired) electrons. The second kappa shape index (κ2) is 7.79. The third kappa shape index (κ3) is 3.43. The number of anilines is 3. The van der Waals surface area contributed by atoms with E-state index < -0.39 is 0 Å². The van der Waals surface area contributed by atoms with Gasteiger partial charge in [0.25, 0.3) is 0 Å². The molecule has 0 unspecified atom stereocenters. The number of rotatable bonds is 3. The molecule has 0 saturated heterocycles. The first-order valence-electron chi connectivity index (χ1n) is 11.5. The van der Waals surface area contributed by atoms with E-state index in [1.54, 1.807) is 0 Å². The van der Waals surface area contributed by atoms with Crippen LogP contribution in [0.25, 0.3) is 32.3 Å². The van der Waals surface area contributed by atoms with E-state index in [9.17, 15) is 0 Å². The van der Waals surface area contributed by atoms with E-state index in [4.69, 9.17) is 0 Å². The Morgan fingerprint density at radius 1 is 0.424 bits per heavy atom. The molecule has 0 saturated carbocycles. The number of fused-ring (bicyclic) bond motifs is 4. The van der Waals surface area contributed by atoms with Crippen LogP contribution in [0.3, 0.4) is 0 Å². The maximum absolute atomic E-state index is 2.37. The minimum absolute atomic E-state index is 1.16. The van der Waals surface area contributed by atoms with Crippen molar-refractivity contribution in [2.24, 2.45) is 0 Å². The van der Waals surface area contributed by atoms with Gasteiger partial charge in [-0.3, -0.25) is 0 Å². The zero-order chi connectivity index (χ0) is 22.4. The van der Waals surface area contributed by atoms with Crippen molar-refractivity contribution in [2.75, 3.05) is 4.90 Å². The molecule has 0 aliphatic heterocycles. The SMILES string of the molecule is Cc1ccc(N(c2ccc(C)cc2)c2cccc3cc4c(ccc5ccccc54)cc23)cc1. The van der Waals surface area contributed by atoms with Gasteiger partial charge in [0, 0.05) is 16.8 Å². The van der Waals surface area contributed by atoms with Gasteiger partial charge >= 0.3 is 0 Å². The molecule has 0 aliphatic carbocycles. The van der Waals surface area contributed by atoms with Gasteiger partial charge in [-0.2, -0.15) is 0 Å². The van der Waals surface area contributed by atoms with Gasteiger partial charge in [0.15, 0.2) is 0 Å². The lowest BCUT2D eigenvalue weighted by Gasteiger charge is -2.27. The van der Waals surface area contributed by atoms with Crippen LogP contribution in [0, 0.1) is 13.8 Å². The highest BCUT2D eigenvalue weighted by atomic mass is 15.1. The fourth-order valence-corrected chi connectivity index (χ4v) is 4.77. The van der Waals surface area contributed by atoms with E-state index in [0.717, 1.165) is 11.4 Å². The Morgan fingerprint density at radius 3 is 1.67 bits per heavy atom. The smallest absolute Gasteiger partial charge is 0.0540 e. The van der Waals surface area contributed by atoms with Crippen molar-refractivity contribution in [3.8, 4) is 0 Å². The van der Waals surface area contributed by atoms with Gasteiger partial charge in [0.05, 0.1) is 5.69 Å². The highest BCUT2D eigenvalue weighted by molar-refractivity contribution is 6.14. The summed E-state index contributed by atoms with van der Waals surface area (Å²) in [6.07, 6.45) is 0. The summed E-state index contributed by atoms with van der Waals surface area (Å²) in [5.74, 6) is 0. The fraction of sp³-hybridized carbons (Fsp3) is 0.0625. The van der Waals surface area contributed by atoms with Gasteiger partial charge in [0.1, 0.15) is 0 Å². The molecule has 6 rings (SSSR count). The van der Waals surface area contributed by atoms with E-state index in [2.05, 4.69) is 134 Å². The van der Waals surface area contributed by atoms with Crippen LogP contribution >= 0.6 is 0 Å². The summed E-state index contributed by atoms with van der Waals surface area (Å²) >= 11 is 0. The molecule has 6 aromatic carbocycles. The van der Waals surface area contributed by atoms with Gasteiger partial charge in [-0.15, -0.1) is 0 Å². The Kier molecular flexibility index (Phi) is 4.62. The second-order valence-electron chi connectivity index (χ2n) is 8.86. The summed E-state index contributed by atoms with van der Waals surface area (Å²) in [5, 5.41) is 7.65. The zero-order valence-corrected chi connectivity index (χ0v) is 18.9. The summed E-state index contributed by atoms with van der Waals surface area (Å²) in [4.78, 5) is 2.37. The average molecular weight is 424 g/mol. The Hall–Kier alpha value is -4.10. The normalized spacial score (nSPS) is 11.3. The van der Waals surface area contributed by atoms with Gasteiger partial charge in [0.2, 0.25) is 0 Å². The molecule has 0 spiro atoms. The van der Waals surface area contributed by atoms with Crippen LogP contribution in [-0.2, 0) is 0 Å². The van der Waals surface area contributed by atoms with Gasteiger partial charge in [-0.05, 0) is 83.2 Å². The summed E-state index contributed by atoms with van der Waals surface area (Å²) in [6.45, 7) is 4.27. The first-order chi connectivity index (χ1) is 16.2. The predicted octanol–water partition coefficient (Wildman–Crippen LogP) is 9.23. The third-order valence-electron chi connectivity index (χ3n) is 6.55. The quantitative estimate of drug-likeness (QED) is 0.202. The molecule has 0 aliphatic rings. The first-order valence-corrected chi connectivity index (χ1v) is 11.5. The predicted molar refractivity (Wildman–Crippen MR) is 143 cm³/mol. The number of aryl methyl sites for hydroxylation is 2. The van der Waals surface area contributed by atoms with Crippen molar-refractivity contribution >= 4 is 49.4 Å². The van der Waals surface area contributed by atoms with Crippen LogP contribution in [0.15, 0.2) is 115 Å². The third-order valence-corrected chi connectivity index (χ3v) is 6.55. The number of hydrogen-bond acceptors (Lipinski definition) is 1. The molecular formula is C32H25N. The van der Waals surface area contributed by atoms with Crippen LogP contribution in [-0.4, -0.2) is 0 Å². The van der Waals surface area contributed by atoms with Gasteiger partial charge in [-0.25, -0.2) is 0 Å². The lowest BCUT2D eigenvalue weighted by Crippen LogP contribution is -2.10. The summed E-state index contributed by atoms with van der Waals surface area (Å²) < 4.78 is 0. The van der Waals surface area contributed by atoms with Gasteiger partial charge in [-0.1, -0.05) is 83.9 Å². The Morgan fingerprint density at radius 2 is 0.970 bits per heavy atom. The van der Waals surface area contributed by atoms with Crippen molar-refractivity contribution in [3.63, 3.8) is 0 Å². The molecule has 0 aromatic heterocycles. The highest BCUT2D eigenvalue weighted by Gasteiger charge is 2.16. The summed E-state index contributed by atoms with van der Waals surface area (Å²) in [6, 6.07) is 42.0. The molecule has 0 bridgehead atoms. The Bertz CT molecular complexity index is 1560. The van der Waals surface area contributed by atoms with Crippen LogP contribution in [0.5, 0.6) is 0 Å². The molecule has 6 aromatic rings. The Labute approximate surface area is 194 Å². The van der Waals surface area contributed by atoms with Crippen molar-refractivity contribution in [1.29, 1.82) is 0 Å². The van der Waals surface area contributed by atoms with Crippen LogP contribution in [0.2, 0.25) is 0 Å². The fourth-order valence-electron chi connectivity index (χ4n) is 4.77. The molecule has 1 nitrogen and oxygen atoms in total. The molecular weight excluding hydrogens is 398 g/mol. The molecule has 0 heterocycles. The van der Waals surface area contributed by atoms with E-state index in [1.807, 2.05) is 0 Å². The van der Waals surface area contributed by atoms with Crippen molar-refractivity contribution < 1.29 is 0 Å². The van der Waals surface area contributed by atoms with Gasteiger partial charge < -0.3 is 4.90 Å². The standard InChI is InChI=1S/C32H25N/c1-22-10-16-27(17-11-22)33(28-18-12-23(2)13-19-28)32-9-5-7-25-20-30-26(21-31(25)32)15-14-24-6-3-4-8-29(24)30/h3-21H,1-2H3. The molecule has 158 valence electrons. The van der Waals surface area contributed by atoms with Crippen molar-refractivity contribution in [3.05, 3.63) is 126 Å². The van der Waals surface area contributed by atoms with E-state index >= 15 is 0 Å². The molecule has 0 N–H and O–H groups in total. The maximum atomic E-state index is 2.37. The molecule has 0 amide bonds. The largest absolute Gasteiger partial charge is 0.310 e. The summed E-state index contributed by atoms with van der Waals surface area (Å²) in [5.41, 5.74) is 6.04. The van der Waals surface area contributed by atoms with E-state index in [-0.39, 0.29) is 0 Å². The topological polar surface area (TPSA) is 3.24 Å². The summed E-state index contributed by atoms with van der Waals surface area (Å²) in [7, 11) is 0. The molecule has 33 heavy (non-hydrogen) atoms. The zero-order valence-electron chi connectivity index (χ0n) is 18.9. The minimum Gasteiger partial charge on any atom is -0.310 e. The number of nitrogens with zero attached hydrogens (tertiary/aromatic N) is 1. The van der Waals surface area contributed by atoms with E-state index in [1.165, 1.54) is 49.1 Å². The van der Waals surface area contributed by atoms with Crippen molar-refractivity contribution in [2.45, 2.75) is 13.8 Å². The number of benzene rings is 6. The maximum Gasteiger partial charge on any atom is 0.0540 e. The highest BCUT2D eigenvalue weighted by Crippen LogP contribution is 2.40. The molecule has 0 fully saturated rings. The minimum atomic E-state index is 1.16. The van der Waals surface area contributed by atoms with Crippen molar-refractivity contribution in [1.82, 2.24) is 0 Å². The lowest BCUT2D eigenvalue weighted by atomic mass is 9.97. The van der Waals surface area contributed by atoms with Crippen LogP contribution < -0.4 is 4.90 Å². The van der Waals surface area contributed by atoms with Crippen LogP contribution in [0.4, 0.5) is 17.1 Å². The van der Waals surface area contributed by atoms with E-state index in [0.29, 0.717) is 0 Å². The molecule has 0 atom stereocenters. The van der Waals surface area contributed by atoms with Crippen LogP contribution in [0.1, 0.15) is 11.1 Å². The average Bonchev–Trinajstić information content (AvgIpc) is 2.85. The lowest BCUT2D eigenvalue weighted by molar-refractivity contribution is 1.28. The molecule has 1 heteroatoms. The first kappa shape index (κ1) is 19.6. The number of hydrogen-bond donors (Lipinski definition) is 0.